The molecule has 1 rings (SSSR count). The molecular formula is C11H17F2N. The number of alkyl halides is 2. The fourth-order valence-electron chi connectivity index (χ4n) is 1.92. The van der Waals surface area contributed by atoms with Gasteiger partial charge in [0.1, 0.15) is 0 Å². The van der Waals surface area contributed by atoms with E-state index in [4.69, 9.17) is 0 Å². The van der Waals surface area contributed by atoms with E-state index in [9.17, 15) is 8.78 Å². The van der Waals surface area contributed by atoms with E-state index in [0.717, 1.165) is 31.1 Å². The quantitative estimate of drug-likeness (QED) is 0.616. The number of halogens is 2. The van der Waals surface area contributed by atoms with E-state index in [1.54, 1.807) is 7.05 Å². The van der Waals surface area contributed by atoms with Gasteiger partial charge in [-0.15, -0.1) is 0 Å². The van der Waals surface area contributed by atoms with Crippen LogP contribution < -0.4 is 0 Å². The lowest BCUT2D eigenvalue weighted by Gasteiger charge is -2.15. The third kappa shape index (κ3) is 2.02. The van der Waals surface area contributed by atoms with Gasteiger partial charge in [-0.25, -0.2) is 8.78 Å². The summed E-state index contributed by atoms with van der Waals surface area (Å²) < 4.78 is 26.2. The van der Waals surface area contributed by atoms with Crippen molar-refractivity contribution in [2.75, 3.05) is 7.05 Å². The molecule has 3 heteroatoms. The van der Waals surface area contributed by atoms with Crippen LogP contribution in [0.2, 0.25) is 0 Å². The molecule has 0 N–H and O–H groups in total. The Morgan fingerprint density at radius 1 is 1.50 bits per heavy atom. The van der Waals surface area contributed by atoms with E-state index in [1.165, 1.54) is 6.92 Å². The molecule has 1 unspecified atom stereocenters. The van der Waals surface area contributed by atoms with E-state index in [0.29, 0.717) is 5.92 Å². The zero-order chi connectivity index (χ0) is 10.9. The van der Waals surface area contributed by atoms with Crippen molar-refractivity contribution in [2.24, 2.45) is 10.9 Å². The lowest BCUT2D eigenvalue weighted by atomic mass is 10.0. The van der Waals surface area contributed by atoms with Crippen molar-refractivity contribution < 1.29 is 8.78 Å². The lowest BCUT2D eigenvalue weighted by Crippen LogP contribution is -2.16. The van der Waals surface area contributed by atoms with Gasteiger partial charge in [0.25, 0.3) is 5.92 Å². The molecule has 0 aromatic rings. The molecule has 0 aromatic carbocycles. The van der Waals surface area contributed by atoms with E-state index in [2.05, 4.69) is 4.99 Å². The van der Waals surface area contributed by atoms with Gasteiger partial charge in [0.05, 0.1) is 0 Å². The molecule has 1 aliphatic carbocycles. The monoisotopic (exact) mass is 201 g/mol. The van der Waals surface area contributed by atoms with Crippen LogP contribution in [0.1, 0.15) is 33.6 Å². The normalized spacial score (nSPS) is 29.9. The second-order valence-corrected chi connectivity index (χ2v) is 4.04. The average molecular weight is 201 g/mol. The molecule has 1 aliphatic rings. The van der Waals surface area contributed by atoms with Crippen molar-refractivity contribution in [1.29, 1.82) is 0 Å². The molecule has 0 spiro atoms. The highest BCUT2D eigenvalue weighted by Crippen LogP contribution is 2.35. The first-order valence-electron chi connectivity index (χ1n) is 4.93. The van der Waals surface area contributed by atoms with Crippen molar-refractivity contribution in [3.05, 3.63) is 11.1 Å². The second-order valence-electron chi connectivity index (χ2n) is 4.04. The lowest BCUT2D eigenvalue weighted by molar-refractivity contribution is 0.0627. The Kier molecular flexibility index (Phi) is 3.07. The number of allylic oxidation sites excluding steroid dienone is 2. The minimum absolute atomic E-state index is 0.183. The zero-order valence-electron chi connectivity index (χ0n) is 9.19. The van der Waals surface area contributed by atoms with Gasteiger partial charge in [-0.05, 0) is 36.8 Å². The number of rotatable bonds is 1. The molecule has 0 heterocycles. The fraction of sp³-hybridized carbons (Fsp3) is 0.727. The maximum absolute atomic E-state index is 13.1. The van der Waals surface area contributed by atoms with Crippen LogP contribution in [-0.2, 0) is 0 Å². The maximum Gasteiger partial charge on any atom is 0.266 e. The number of hydrogen-bond acceptors (Lipinski definition) is 1. The molecule has 0 aromatic heterocycles. The van der Waals surface area contributed by atoms with Gasteiger partial charge in [0.2, 0.25) is 0 Å². The molecule has 80 valence electrons. The first-order chi connectivity index (χ1) is 6.38. The molecule has 1 nitrogen and oxygen atoms in total. The van der Waals surface area contributed by atoms with Gasteiger partial charge in [-0.3, -0.25) is 4.99 Å². The Morgan fingerprint density at radius 2 is 2.07 bits per heavy atom. The predicted octanol–water partition coefficient (Wildman–Crippen LogP) is 3.46. The maximum atomic E-state index is 13.1. The third-order valence-corrected chi connectivity index (χ3v) is 2.96. The standard InChI is InChI=1S/C11H17F2N/c1-7-5-6-9(10(7)14-4)8(2)11(3,12)13/h7H,5-6H2,1-4H3/b9-8+,14-10?. The van der Waals surface area contributed by atoms with Crippen LogP contribution in [-0.4, -0.2) is 18.7 Å². The van der Waals surface area contributed by atoms with E-state index >= 15 is 0 Å². The highest BCUT2D eigenvalue weighted by atomic mass is 19.3. The number of nitrogens with zero attached hydrogens (tertiary/aromatic N) is 1. The first kappa shape index (κ1) is 11.3. The summed E-state index contributed by atoms with van der Waals surface area (Å²) in [4.78, 5) is 4.11. The number of hydrogen-bond donors (Lipinski definition) is 0. The van der Waals surface area contributed by atoms with Crippen molar-refractivity contribution in [3.63, 3.8) is 0 Å². The Labute approximate surface area is 83.9 Å². The molecule has 0 bridgehead atoms. The molecule has 0 aliphatic heterocycles. The van der Waals surface area contributed by atoms with E-state index < -0.39 is 5.92 Å². The third-order valence-electron chi connectivity index (χ3n) is 2.96. The van der Waals surface area contributed by atoms with Crippen molar-refractivity contribution in [1.82, 2.24) is 0 Å². The van der Waals surface area contributed by atoms with Crippen molar-refractivity contribution >= 4 is 5.71 Å². The molecule has 1 atom stereocenters. The topological polar surface area (TPSA) is 12.4 Å². The molecule has 1 saturated carbocycles. The van der Waals surface area contributed by atoms with Crippen LogP contribution in [0.25, 0.3) is 0 Å². The van der Waals surface area contributed by atoms with Crippen molar-refractivity contribution in [3.8, 4) is 0 Å². The Bertz CT molecular complexity index is 284. The zero-order valence-corrected chi connectivity index (χ0v) is 9.19. The molecular weight excluding hydrogens is 184 g/mol. The van der Waals surface area contributed by atoms with Crippen LogP contribution in [0, 0.1) is 5.92 Å². The van der Waals surface area contributed by atoms with Gasteiger partial charge in [0, 0.05) is 19.7 Å². The van der Waals surface area contributed by atoms with Gasteiger partial charge in [-0.1, -0.05) is 6.92 Å². The summed E-state index contributed by atoms with van der Waals surface area (Å²) in [5, 5.41) is 0. The minimum Gasteiger partial charge on any atom is -0.293 e. The summed E-state index contributed by atoms with van der Waals surface area (Å²) in [7, 11) is 1.68. The van der Waals surface area contributed by atoms with Crippen LogP contribution in [0.5, 0.6) is 0 Å². The predicted molar refractivity (Wildman–Crippen MR) is 55.1 cm³/mol. The summed E-state index contributed by atoms with van der Waals surface area (Å²) >= 11 is 0. The smallest absolute Gasteiger partial charge is 0.266 e. The first-order valence-corrected chi connectivity index (χ1v) is 4.93. The van der Waals surface area contributed by atoms with E-state index in [1.807, 2.05) is 6.92 Å². The van der Waals surface area contributed by atoms with Gasteiger partial charge < -0.3 is 0 Å². The van der Waals surface area contributed by atoms with Crippen LogP contribution >= 0.6 is 0 Å². The highest BCUT2D eigenvalue weighted by molar-refractivity contribution is 6.04. The van der Waals surface area contributed by atoms with Crippen LogP contribution in [0.4, 0.5) is 8.78 Å². The van der Waals surface area contributed by atoms with Gasteiger partial charge in [0.15, 0.2) is 0 Å². The van der Waals surface area contributed by atoms with Gasteiger partial charge in [-0.2, -0.15) is 0 Å². The summed E-state index contributed by atoms with van der Waals surface area (Å²) in [5.74, 6) is -2.39. The molecule has 0 saturated heterocycles. The summed E-state index contributed by atoms with van der Waals surface area (Å²) in [6, 6.07) is 0. The highest BCUT2D eigenvalue weighted by Gasteiger charge is 2.32. The molecule has 14 heavy (non-hydrogen) atoms. The Hall–Kier alpha value is -0.730. The molecule has 1 fully saturated rings. The fourth-order valence-corrected chi connectivity index (χ4v) is 1.92. The summed E-state index contributed by atoms with van der Waals surface area (Å²) in [6.45, 7) is 4.50. The molecule has 0 radical (unpaired) electrons. The SMILES string of the molecule is CN=C1/C(=C(\C)C(C)(F)F)CCC1C. The largest absolute Gasteiger partial charge is 0.293 e. The van der Waals surface area contributed by atoms with Crippen LogP contribution in [0.15, 0.2) is 16.1 Å². The van der Waals surface area contributed by atoms with Gasteiger partial charge >= 0.3 is 0 Å². The van der Waals surface area contributed by atoms with E-state index in [-0.39, 0.29) is 5.57 Å². The van der Waals surface area contributed by atoms with Crippen molar-refractivity contribution in [2.45, 2.75) is 39.5 Å². The Morgan fingerprint density at radius 3 is 2.50 bits per heavy atom. The van der Waals surface area contributed by atoms with Crippen LogP contribution in [0.3, 0.4) is 0 Å². The minimum atomic E-state index is -2.71. The molecule has 0 amide bonds. The average Bonchev–Trinajstić information content (AvgIpc) is 2.43. The summed E-state index contributed by atoms with van der Waals surface area (Å²) in [5.41, 5.74) is 1.82. The second kappa shape index (κ2) is 3.79. The summed E-state index contributed by atoms with van der Waals surface area (Å²) in [6.07, 6.45) is 1.68. The Balaban J connectivity index is 3.10. The number of aliphatic imine (C=N–C) groups is 1.